The highest BCUT2D eigenvalue weighted by Gasteiger charge is 2.35. The highest BCUT2D eigenvalue weighted by Crippen LogP contribution is 2.34. The Labute approximate surface area is 91.8 Å². The van der Waals surface area contributed by atoms with Gasteiger partial charge >= 0.3 is 5.97 Å². The summed E-state index contributed by atoms with van der Waals surface area (Å²) in [7, 11) is 0. The Hall–Kier alpha value is -0.570. The molecule has 1 atom stereocenters. The molecule has 1 aliphatic carbocycles. The van der Waals surface area contributed by atoms with Crippen molar-refractivity contribution in [3.05, 3.63) is 0 Å². The van der Waals surface area contributed by atoms with Crippen molar-refractivity contribution in [1.29, 1.82) is 0 Å². The first-order valence-electron chi connectivity index (χ1n) is 5.94. The van der Waals surface area contributed by atoms with Crippen LogP contribution in [0.4, 0.5) is 0 Å². The van der Waals surface area contributed by atoms with Gasteiger partial charge < -0.3 is 9.84 Å². The first kappa shape index (κ1) is 12.5. The highest BCUT2D eigenvalue weighted by atomic mass is 16.5. The molecule has 0 amide bonds. The Morgan fingerprint density at radius 1 is 1.40 bits per heavy atom. The maximum absolute atomic E-state index is 11.3. The van der Waals surface area contributed by atoms with Crippen LogP contribution < -0.4 is 0 Å². The lowest BCUT2D eigenvalue weighted by molar-refractivity contribution is -0.150. The zero-order valence-electron chi connectivity index (χ0n) is 9.79. The fraction of sp³-hybridized carbons (Fsp3) is 0.917. The van der Waals surface area contributed by atoms with Crippen molar-refractivity contribution in [3.63, 3.8) is 0 Å². The molecule has 15 heavy (non-hydrogen) atoms. The van der Waals surface area contributed by atoms with E-state index in [-0.39, 0.29) is 18.3 Å². The molecule has 0 aliphatic heterocycles. The molecule has 1 rings (SSSR count). The lowest BCUT2D eigenvalue weighted by Gasteiger charge is -2.34. The molecule has 1 fully saturated rings. The van der Waals surface area contributed by atoms with Gasteiger partial charge in [-0.3, -0.25) is 4.79 Å². The lowest BCUT2D eigenvalue weighted by atomic mass is 9.76. The first-order chi connectivity index (χ1) is 7.06. The topological polar surface area (TPSA) is 46.5 Å². The number of hydrogen-bond acceptors (Lipinski definition) is 3. The molecule has 88 valence electrons. The van der Waals surface area contributed by atoms with Gasteiger partial charge in [0.05, 0.1) is 18.6 Å². The van der Waals surface area contributed by atoms with Gasteiger partial charge in [-0.15, -0.1) is 0 Å². The maximum Gasteiger partial charge on any atom is 0.308 e. The van der Waals surface area contributed by atoms with Gasteiger partial charge in [-0.05, 0) is 32.6 Å². The van der Waals surface area contributed by atoms with E-state index in [1.54, 1.807) is 13.8 Å². The standard InChI is InChI=1S/C12H22O3/c1-3-15-11(13)9-12(2,14)10-7-5-4-6-8-10/h10,14H,3-9H2,1-2H3/t12-/m1/s1. The fourth-order valence-electron chi connectivity index (χ4n) is 2.37. The average molecular weight is 214 g/mol. The molecule has 0 radical (unpaired) electrons. The molecule has 0 aromatic heterocycles. The molecule has 1 saturated carbocycles. The summed E-state index contributed by atoms with van der Waals surface area (Å²) in [5, 5.41) is 10.2. The molecule has 1 N–H and O–H groups in total. The van der Waals surface area contributed by atoms with Gasteiger partial charge in [0.1, 0.15) is 0 Å². The molecule has 1 aliphatic rings. The van der Waals surface area contributed by atoms with E-state index in [4.69, 9.17) is 4.74 Å². The Kier molecular flexibility index (Phi) is 4.58. The zero-order valence-corrected chi connectivity index (χ0v) is 9.79. The minimum atomic E-state index is -0.882. The van der Waals surface area contributed by atoms with Crippen LogP contribution in [0, 0.1) is 5.92 Å². The Balaban J connectivity index is 2.45. The van der Waals surface area contributed by atoms with Crippen LogP contribution in [-0.4, -0.2) is 23.3 Å². The van der Waals surface area contributed by atoms with E-state index in [1.165, 1.54) is 19.3 Å². The number of ether oxygens (including phenoxy) is 1. The van der Waals surface area contributed by atoms with E-state index in [1.807, 2.05) is 0 Å². The largest absolute Gasteiger partial charge is 0.466 e. The number of esters is 1. The van der Waals surface area contributed by atoms with Crippen LogP contribution in [0.15, 0.2) is 0 Å². The van der Waals surface area contributed by atoms with E-state index in [0.29, 0.717) is 6.61 Å². The summed E-state index contributed by atoms with van der Waals surface area (Å²) in [6.07, 6.45) is 5.80. The Bertz CT molecular complexity index is 205. The molecular formula is C12H22O3. The van der Waals surface area contributed by atoms with Crippen LogP contribution in [0.25, 0.3) is 0 Å². The van der Waals surface area contributed by atoms with E-state index in [0.717, 1.165) is 12.8 Å². The molecule has 0 heterocycles. The second-order valence-corrected chi connectivity index (χ2v) is 4.67. The normalized spacial score (nSPS) is 22.1. The Morgan fingerprint density at radius 2 is 2.00 bits per heavy atom. The number of rotatable bonds is 4. The fourth-order valence-corrected chi connectivity index (χ4v) is 2.37. The second-order valence-electron chi connectivity index (χ2n) is 4.67. The molecule has 3 heteroatoms. The predicted molar refractivity (Wildman–Crippen MR) is 58.4 cm³/mol. The zero-order chi connectivity index (χ0) is 11.3. The van der Waals surface area contributed by atoms with Crippen molar-refractivity contribution in [2.75, 3.05) is 6.61 Å². The van der Waals surface area contributed by atoms with Gasteiger partial charge in [-0.2, -0.15) is 0 Å². The average Bonchev–Trinajstić information content (AvgIpc) is 2.18. The van der Waals surface area contributed by atoms with Crippen molar-refractivity contribution in [2.24, 2.45) is 5.92 Å². The van der Waals surface area contributed by atoms with Gasteiger partial charge in [0, 0.05) is 0 Å². The van der Waals surface area contributed by atoms with Crippen molar-refractivity contribution in [1.82, 2.24) is 0 Å². The summed E-state index contributed by atoms with van der Waals surface area (Å²) in [5.74, 6) is -0.0243. The number of aliphatic hydroxyl groups is 1. The third-order valence-corrected chi connectivity index (χ3v) is 3.29. The van der Waals surface area contributed by atoms with E-state index in [9.17, 15) is 9.90 Å². The minimum absolute atomic E-state index is 0.130. The molecule has 0 saturated heterocycles. The van der Waals surface area contributed by atoms with Gasteiger partial charge in [0.2, 0.25) is 0 Å². The highest BCUT2D eigenvalue weighted by molar-refractivity contribution is 5.70. The van der Waals surface area contributed by atoms with Crippen LogP contribution in [0.5, 0.6) is 0 Å². The number of carbonyl (C=O) groups is 1. The van der Waals surface area contributed by atoms with Crippen molar-refractivity contribution in [2.45, 2.75) is 58.0 Å². The van der Waals surface area contributed by atoms with Crippen LogP contribution in [-0.2, 0) is 9.53 Å². The quantitative estimate of drug-likeness (QED) is 0.730. The Morgan fingerprint density at radius 3 is 2.53 bits per heavy atom. The van der Waals surface area contributed by atoms with Crippen molar-refractivity contribution < 1.29 is 14.6 Å². The van der Waals surface area contributed by atoms with Crippen LogP contribution in [0.2, 0.25) is 0 Å². The molecule has 0 aromatic carbocycles. The van der Waals surface area contributed by atoms with Gasteiger partial charge in [-0.1, -0.05) is 19.3 Å². The summed E-state index contributed by atoms with van der Waals surface area (Å²) in [6, 6.07) is 0. The van der Waals surface area contributed by atoms with Gasteiger partial charge in [0.15, 0.2) is 0 Å². The van der Waals surface area contributed by atoms with Gasteiger partial charge in [0.25, 0.3) is 0 Å². The molecule has 0 spiro atoms. The van der Waals surface area contributed by atoms with E-state index >= 15 is 0 Å². The van der Waals surface area contributed by atoms with Crippen molar-refractivity contribution >= 4 is 5.97 Å². The lowest BCUT2D eigenvalue weighted by Crippen LogP contribution is -2.38. The predicted octanol–water partition coefficient (Wildman–Crippen LogP) is 2.27. The second kappa shape index (κ2) is 5.50. The smallest absolute Gasteiger partial charge is 0.308 e. The SMILES string of the molecule is CCOC(=O)C[C@@](C)(O)C1CCCCC1. The number of carbonyl (C=O) groups excluding carboxylic acids is 1. The summed E-state index contributed by atoms with van der Waals surface area (Å²) in [4.78, 5) is 11.3. The minimum Gasteiger partial charge on any atom is -0.466 e. The molecular weight excluding hydrogens is 192 g/mol. The molecule has 0 unspecified atom stereocenters. The first-order valence-corrected chi connectivity index (χ1v) is 5.94. The van der Waals surface area contributed by atoms with Gasteiger partial charge in [-0.25, -0.2) is 0 Å². The van der Waals surface area contributed by atoms with Crippen LogP contribution in [0.3, 0.4) is 0 Å². The molecule has 0 bridgehead atoms. The molecule has 0 aromatic rings. The number of hydrogen-bond donors (Lipinski definition) is 1. The summed E-state index contributed by atoms with van der Waals surface area (Å²) in [5.41, 5.74) is -0.882. The maximum atomic E-state index is 11.3. The van der Waals surface area contributed by atoms with Crippen LogP contribution in [0.1, 0.15) is 52.4 Å². The third-order valence-electron chi connectivity index (χ3n) is 3.29. The third kappa shape index (κ3) is 3.82. The summed E-state index contributed by atoms with van der Waals surface area (Å²) >= 11 is 0. The summed E-state index contributed by atoms with van der Waals surface area (Å²) < 4.78 is 4.87. The monoisotopic (exact) mass is 214 g/mol. The van der Waals surface area contributed by atoms with Crippen molar-refractivity contribution in [3.8, 4) is 0 Å². The van der Waals surface area contributed by atoms with E-state index in [2.05, 4.69) is 0 Å². The van der Waals surface area contributed by atoms with Crippen LogP contribution >= 0.6 is 0 Å². The summed E-state index contributed by atoms with van der Waals surface area (Å²) in [6.45, 7) is 3.94. The van der Waals surface area contributed by atoms with E-state index < -0.39 is 5.60 Å². The molecule has 3 nitrogen and oxygen atoms in total.